The van der Waals surface area contributed by atoms with E-state index < -0.39 is 6.04 Å². The highest BCUT2D eigenvalue weighted by molar-refractivity contribution is 6.30. The van der Waals surface area contributed by atoms with Crippen LogP contribution in [0, 0.1) is 5.92 Å². The topological polar surface area (TPSA) is 84.2 Å². The molecule has 0 aliphatic heterocycles. The lowest BCUT2D eigenvalue weighted by Gasteiger charge is -2.21. The summed E-state index contributed by atoms with van der Waals surface area (Å²) < 4.78 is 0. The minimum Gasteiger partial charge on any atom is -0.352 e. The van der Waals surface area contributed by atoms with Crippen LogP contribution in [0.2, 0.25) is 5.02 Å². The first kappa shape index (κ1) is 20.9. The number of nitrogens with two attached hydrogens (primary N) is 1. The average molecular weight is 388 g/mol. The fourth-order valence-electron chi connectivity index (χ4n) is 2.70. The Morgan fingerprint density at radius 3 is 2.26 bits per heavy atom. The molecule has 0 fully saturated rings. The van der Waals surface area contributed by atoms with Gasteiger partial charge in [-0.2, -0.15) is 0 Å². The molecule has 0 aliphatic carbocycles. The van der Waals surface area contributed by atoms with Crippen LogP contribution in [0.1, 0.15) is 42.2 Å². The summed E-state index contributed by atoms with van der Waals surface area (Å²) in [5.74, 6) is -0.300. The average Bonchev–Trinajstić information content (AvgIpc) is 2.66. The molecule has 0 heterocycles. The maximum atomic E-state index is 12.6. The van der Waals surface area contributed by atoms with Gasteiger partial charge < -0.3 is 16.4 Å². The van der Waals surface area contributed by atoms with Gasteiger partial charge in [-0.3, -0.25) is 9.59 Å². The first-order chi connectivity index (χ1) is 12.9. The third kappa shape index (κ3) is 6.70. The van der Waals surface area contributed by atoms with Crippen molar-refractivity contribution < 1.29 is 9.59 Å². The van der Waals surface area contributed by atoms with Crippen molar-refractivity contribution >= 4 is 23.4 Å². The first-order valence-corrected chi connectivity index (χ1v) is 9.39. The molecule has 5 nitrogen and oxygen atoms in total. The second-order valence-corrected chi connectivity index (χ2v) is 7.36. The minimum absolute atomic E-state index is 0.239. The van der Waals surface area contributed by atoms with E-state index in [1.807, 2.05) is 44.2 Å². The van der Waals surface area contributed by atoms with Gasteiger partial charge in [0.05, 0.1) is 0 Å². The van der Waals surface area contributed by atoms with Gasteiger partial charge in [-0.15, -0.1) is 0 Å². The normalized spacial score (nSPS) is 13.1. The van der Waals surface area contributed by atoms with Crippen molar-refractivity contribution in [1.82, 2.24) is 10.6 Å². The summed E-state index contributed by atoms with van der Waals surface area (Å²) in [6.07, 6.45) is 0.533. The highest BCUT2D eigenvalue weighted by Crippen LogP contribution is 2.12. The van der Waals surface area contributed by atoms with E-state index in [4.69, 9.17) is 17.3 Å². The zero-order valence-corrected chi connectivity index (χ0v) is 16.4. The Balaban J connectivity index is 1.98. The van der Waals surface area contributed by atoms with Gasteiger partial charge >= 0.3 is 0 Å². The number of hydrogen-bond acceptors (Lipinski definition) is 3. The minimum atomic E-state index is -0.629. The zero-order chi connectivity index (χ0) is 19.8. The summed E-state index contributed by atoms with van der Waals surface area (Å²) in [7, 11) is 0. The van der Waals surface area contributed by atoms with Gasteiger partial charge in [-0.05, 0) is 42.2 Å². The lowest BCUT2D eigenvalue weighted by atomic mass is 10.0. The van der Waals surface area contributed by atoms with Gasteiger partial charge in [0.2, 0.25) is 5.91 Å². The predicted molar refractivity (Wildman–Crippen MR) is 109 cm³/mol. The zero-order valence-electron chi connectivity index (χ0n) is 15.6. The van der Waals surface area contributed by atoms with Gasteiger partial charge in [0.25, 0.3) is 5.91 Å². The molecule has 2 unspecified atom stereocenters. The fourth-order valence-corrected chi connectivity index (χ4v) is 2.82. The van der Waals surface area contributed by atoms with Crippen LogP contribution in [0.3, 0.4) is 0 Å². The van der Waals surface area contributed by atoms with Gasteiger partial charge in [0, 0.05) is 23.2 Å². The molecule has 0 aliphatic rings. The van der Waals surface area contributed by atoms with Crippen LogP contribution in [-0.2, 0) is 4.79 Å². The molecule has 0 bridgehead atoms. The molecule has 27 heavy (non-hydrogen) atoms. The third-order valence-corrected chi connectivity index (χ3v) is 4.41. The monoisotopic (exact) mass is 387 g/mol. The SMILES string of the molecule is CC(C)CC(NC(=O)c1ccc(Cl)cc1)C(=O)NCC(N)c1ccccc1. The molecule has 144 valence electrons. The fraction of sp³-hybridized carbons (Fsp3) is 0.333. The number of nitrogens with one attached hydrogen (secondary N) is 2. The van der Waals surface area contributed by atoms with Crippen LogP contribution >= 0.6 is 11.6 Å². The molecule has 0 radical (unpaired) electrons. The van der Waals surface area contributed by atoms with Gasteiger partial charge in [-0.1, -0.05) is 55.8 Å². The van der Waals surface area contributed by atoms with E-state index in [9.17, 15) is 9.59 Å². The van der Waals surface area contributed by atoms with Crippen molar-refractivity contribution in [3.8, 4) is 0 Å². The Kier molecular flexibility index (Phi) is 7.82. The molecule has 2 atom stereocenters. The highest BCUT2D eigenvalue weighted by Gasteiger charge is 2.23. The molecule has 6 heteroatoms. The lowest BCUT2D eigenvalue weighted by molar-refractivity contribution is -0.123. The van der Waals surface area contributed by atoms with E-state index >= 15 is 0 Å². The van der Waals surface area contributed by atoms with Crippen LogP contribution in [-0.4, -0.2) is 24.4 Å². The largest absolute Gasteiger partial charge is 0.352 e. The number of carbonyl (C=O) groups excluding carboxylic acids is 2. The Labute approximate surface area is 165 Å². The van der Waals surface area contributed by atoms with Crippen LogP contribution in [0.15, 0.2) is 54.6 Å². The summed E-state index contributed by atoms with van der Waals surface area (Å²) in [5, 5.41) is 6.22. The van der Waals surface area contributed by atoms with Crippen molar-refractivity contribution in [1.29, 1.82) is 0 Å². The molecular formula is C21H26ClN3O2. The Bertz CT molecular complexity index is 748. The molecule has 0 aromatic heterocycles. The van der Waals surface area contributed by atoms with E-state index in [2.05, 4.69) is 10.6 Å². The smallest absolute Gasteiger partial charge is 0.251 e. The van der Waals surface area contributed by atoms with Crippen molar-refractivity contribution in [2.75, 3.05) is 6.54 Å². The van der Waals surface area contributed by atoms with Crippen LogP contribution < -0.4 is 16.4 Å². The second-order valence-electron chi connectivity index (χ2n) is 6.92. The van der Waals surface area contributed by atoms with Crippen LogP contribution in [0.4, 0.5) is 0 Å². The molecule has 0 spiro atoms. The summed E-state index contributed by atoms with van der Waals surface area (Å²) in [5.41, 5.74) is 7.54. The summed E-state index contributed by atoms with van der Waals surface area (Å²) in [6.45, 7) is 4.31. The number of hydrogen-bond donors (Lipinski definition) is 3. The highest BCUT2D eigenvalue weighted by atomic mass is 35.5. The maximum absolute atomic E-state index is 12.6. The summed E-state index contributed by atoms with van der Waals surface area (Å²) >= 11 is 5.86. The van der Waals surface area contributed by atoms with Crippen molar-refractivity contribution in [2.45, 2.75) is 32.4 Å². The summed E-state index contributed by atoms with van der Waals surface area (Å²) in [4.78, 5) is 25.1. The van der Waals surface area contributed by atoms with Gasteiger partial charge in [0.15, 0.2) is 0 Å². The lowest BCUT2D eigenvalue weighted by Crippen LogP contribution is -2.48. The third-order valence-electron chi connectivity index (χ3n) is 4.16. The van der Waals surface area contributed by atoms with Crippen LogP contribution in [0.5, 0.6) is 0 Å². The Hall–Kier alpha value is -2.37. The molecule has 2 aromatic rings. The number of carbonyl (C=O) groups is 2. The molecule has 2 rings (SSSR count). The van der Waals surface area contributed by atoms with Gasteiger partial charge in [-0.25, -0.2) is 0 Å². The molecule has 0 saturated carbocycles. The van der Waals surface area contributed by atoms with E-state index in [0.717, 1.165) is 5.56 Å². The van der Waals surface area contributed by atoms with Crippen molar-refractivity contribution in [2.24, 2.45) is 11.7 Å². The van der Waals surface area contributed by atoms with E-state index in [1.165, 1.54) is 0 Å². The predicted octanol–water partition coefficient (Wildman–Crippen LogP) is 3.30. The Morgan fingerprint density at radius 2 is 1.67 bits per heavy atom. The van der Waals surface area contributed by atoms with E-state index in [-0.39, 0.29) is 23.8 Å². The number of rotatable bonds is 8. The van der Waals surface area contributed by atoms with Gasteiger partial charge in [0.1, 0.15) is 6.04 Å². The first-order valence-electron chi connectivity index (χ1n) is 9.01. The molecule has 0 saturated heterocycles. The number of amides is 2. The molecule has 2 aromatic carbocycles. The van der Waals surface area contributed by atoms with Crippen molar-refractivity contribution in [3.63, 3.8) is 0 Å². The second kappa shape index (κ2) is 10.1. The quantitative estimate of drug-likeness (QED) is 0.649. The summed E-state index contributed by atoms with van der Waals surface area (Å²) in [6, 6.07) is 15.2. The van der Waals surface area contributed by atoms with Crippen molar-refractivity contribution in [3.05, 3.63) is 70.7 Å². The number of benzene rings is 2. The molecule has 4 N–H and O–H groups in total. The Morgan fingerprint density at radius 1 is 1.04 bits per heavy atom. The maximum Gasteiger partial charge on any atom is 0.251 e. The molecular weight excluding hydrogens is 362 g/mol. The van der Waals surface area contributed by atoms with E-state index in [0.29, 0.717) is 23.6 Å². The standard InChI is InChI=1S/C21H26ClN3O2/c1-14(2)12-19(25-20(26)16-8-10-17(22)11-9-16)21(27)24-13-18(23)15-6-4-3-5-7-15/h3-11,14,18-19H,12-13,23H2,1-2H3,(H,24,27)(H,25,26). The number of halogens is 1. The van der Waals surface area contributed by atoms with Crippen LogP contribution in [0.25, 0.3) is 0 Å². The molecule has 2 amide bonds. The van der Waals surface area contributed by atoms with E-state index in [1.54, 1.807) is 24.3 Å².